The summed E-state index contributed by atoms with van der Waals surface area (Å²) in [4.78, 5) is 8.53. The Labute approximate surface area is 171 Å². The van der Waals surface area contributed by atoms with E-state index in [0.717, 1.165) is 23.4 Å². The molecule has 0 bridgehead atoms. The summed E-state index contributed by atoms with van der Waals surface area (Å²) in [5.74, 6) is 2.40. The first-order valence-corrected chi connectivity index (χ1v) is 9.05. The molecular weight excluding hydrogens is 397 g/mol. The van der Waals surface area contributed by atoms with E-state index in [1.165, 1.54) is 12.1 Å². The minimum atomic E-state index is -4.34. The van der Waals surface area contributed by atoms with E-state index in [0.29, 0.717) is 36.3 Å². The Morgan fingerprint density at radius 1 is 1.03 bits per heavy atom. The molecule has 0 aliphatic heterocycles. The standard InChI is InChI=1S/C20H21F3N6O/c1-24-19(25-11-13-3-7-15(8-4-13)20(21,22)23)26-12-17-27-18(29-28-17)14-5-9-16(30-2)10-6-14/h3-10H,11-12H2,1-2H3,(H2,24,25,26)(H,27,28,29). The van der Waals surface area contributed by atoms with Crippen LogP contribution in [0, 0.1) is 0 Å². The molecule has 0 spiro atoms. The Morgan fingerprint density at radius 3 is 2.30 bits per heavy atom. The predicted molar refractivity (Wildman–Crippen MR) is 107 cm³/mol. The quantitative estimate of drug-likeness (QED) is 0.422. The Morgan fingerprint density at radius 2 is 1.70 bits per heavy atom. The number of guanidine groups is 1. The van der Waals surface area contributed by atoms with Crippen molar-refractivity contribution in [2.24, 2.45) is 4.99 Å². The van der Waals surface area contributed by atoms with Crippen LogP contribution in [0.5, 0.6) is 5.75 Å². The fourth-order valence-electron chi connectivity index (χ4n) is 2.63. The molecule has 1 heterocycles. The molecule has 2 aromatic carbocycles. The van der Waals surface area contributed by atoms with Gasteiger partial charge in [0.15, 0.2) is 11.8 Å². The summed E-state index contributed by atoms with van der Waals surface area (Å²) in [6.07, 6.45) is -4.34. The lowest BCUT2D eigenvalue weighted by molar-refractivity contribution is -0.137. The number of nitrogens with one attached hydrogen (secondary N) is 3. The van der Waals surface area contributed by atoms with E-state index in [4.69, 9.17) is 4.74 Å². The molecule has 0 aliphatic carbocycles. The molecule has 0 atom stereocenters. The van der Waals surface area contributed by atoms with Gasteiger partial charge in [-0.05, 0) is 42.0 Å². The molecule has 3 aromatic rings. The van der Waals surface area contributed by atoms with Crippen LogP contribution in [0.1, 0.15) is 17.0 Å². The van der Waals surface area contributed by atoms with Crippen LogP contribution in [0.4, 0.5) is 13.2 Å². The molecule has 0 fully saturated rings. The molecule has 0 saturated heterocycles. The van der Waals surface area contributed by atoms with Crippen molar-refractivity contribution >= 4 is 5.96 Å². The Kier molecular flexibility index (Phi) is 6.55. The minimum absolute atomic E-state index is 0.325. The number of aromatic amines is 1. The van der Waals surface area contributed by atoms with E-state index in [-0.39, 0.29) is 0 Å². The highest BCUT2D eigenvalue weighted by molar-refractivity contribution is 5.79. The minimum Gasteiger partial charge on any atom is -0.497 e. The number of alkyl halides is 3. The SMILES string of the molecule is CN=C(NCc1ccc(C(F)(F)F)cc1)NCc1nc(-c2ccc(OC)cc2)n[nH]1. The van der Waals surface area contributed by atoms with Crippen LogP contribution < -0.4 is 15.4 Å². The van der Waals surface area contributed by atoms with Gasteiger partial charge in [-0.3, -0.25) is 10.1 Å². The monoisotopic (exact) mass is 418 g/mol. The summed E-state index contributed by atoms with van der Waals surface area (Å²) in [5, 5.41) is 13.2. The summed E-state index contributed by atoms with van der Waals surface area (Å²) in [6, 6.07) is 12.4. The van der Waals surface area contributed by atoms with Crippen molar-refractivity contribution in [1.29, 1.82) is 0 Å². The van der Waals surface area contributed by atoms with Crippen LogP contribution in [-0.4, -0.2) is 35.3 Å². The molecular formula is C20H21F3N6O. The second-order valence-electron chi connectivity index (χ2n) is 6.31. The highest BCUT2D eigenvalue weighted by atomic mass is 19.4. The predicted octanol–water partition coefficient (Wildman–Crippen LogP) is 3.36. The number of ether oxygens (including phenoxy) is 1. The van der Waals surface area contributed by atoms with Gasteiger partial charge in [-0.2, -0.15) is 18.3 Å². The summed E-state index contributed by atoms with van der Waals surface area (Å²) < 4.78 is 43.0. The van der Waals surface area contributed by atoms with E-state index in [1.807, 2.05) is 24.3 Å². The van der Waals surface area contributed by atoms with Gasteiger partial charge in [-0.15, -0.1) is 0 Å². The number of rotatable bonds is 6. The number of benzene rings is 2. The van der Waals surface area contributed by atoms with Crippen LogP contribution >= 0.6 is 0 Å². The van der Waals surface area contributed by atoms with E-state index in [9.17, 15) is 13.2 Å². The molecule has 10 heteroatoms. The zero-order valence-electron chi connectivity index (χ0n) is 16.4. The zero-order chi connectivity index (χ0) is 21.6. The summed E-state index contributed by atoms with van der Waals surface area (Å²) in [7, 11) is 3.20. The molecule has 0 radical (unpaired) electrons. The number of aromatic nitrogens is 3. The molecule has 1 aromatic heterocycles. The van der Waals surface area contributed by atoms with Crippen LogP contribution in [0.3, 0.4) is 0 Å². The van der Waals surface area contributed by atoms with Crippen molar-refractivity contribution in [3.63, 3.8) is 0 Å². The third kappa shape index (κ3) is 5.49. The molecule has 0 amide bonds. The number of methoxy groups -OCH3 is 1. The molecule has 0 saturated carbocycles. The van der Waals surface area contributed by atoms with Crippen molar-refractivity contribution in [3.05, 3.63) is 65.5 Å². The van der Waals surface area contributed by atoms with Gasteiger partial charge in [0.05, 0.1) is 19.2 Å². The van der Waals surface area contributed by atoms with Gasteiger partial charge in [0.1, 0.15) is 11.6 Å². The van der Waals surface area contributed by atoms with E-state index in [1.54, 1.807) is 14.2 Å². The lowest BCUT2D eigenvalue weighted by Crippen LogP contribution is -2.36. The topological polar surface area (TPSA) is 87.2 Å². The lowest BCUT2D eigenvalue weighted by atomic mass is 10.1. The zero-order valence-corrected chi connectivity index (χ0v) is 16.4. The number of halogens is 3. The maximum Gasteiger partial charge on any atom is 0.416 e. The summed E-state index contributed by atoms with van der Waals surface area (Å²) in [6.45, 7) is 0.668. The molecule has 3 N–H and O–H groups in total. The lowest BCUT2D eigenvalue weighted by Gasteiger charge is -2.12. The molecule has 0 aliphatic rings. The van der Waals surface area contributed by atoms with E-state index in [2.05, 4.69) is 30.8 Å². The normalized spacial score (nSPS) is 12.0. The van der Waals surface area contributed by atoms with Crippen LogP contribution in [0.2, 0.25) is 0 Å². The van der Waals surface area contributed by atoms with Crippen LogP contribution in [0.25, 0.3) is 11.4 Å². The molecule has 7 nitrogen and oxygen atoms in total. The number of aliphatic imine (C=N–C) groups is 1. The van der Waals surface area contributed by atoms with Crippen molar-refractivity contribution < 1.29 is 17.9 Å². The number of nitrogens with zero attached hydrogens (tertiary/aromatic N) is 3. The third-order valence-electron chi connectivity index (χ3n) is 4.27. The summed E-state index contributed by atoms with van der Waals surface area (Å²) in [5.41, 5.74) is 0.877. The van der Waals surface area contributed by atoms with Crippen molar-refractivity contribution in [2.75, 3.05) is 14.2 Å². The molecule has 30 heavy (non-hydrogen) atoms. The van der Waals surface area contributed by atoms with Crippen molar-refractivity contribution in [3.8, 4) is 17.1 Å². The van der Waals surface area contributed by atoms with Gasteiger partial charge in [0, 0.05) is 19.2 Å². The van der Waals surface area contributed by atoms with Crippen molar-refractivity contribution in [1.82, 2.24) is 25.8 Å². The van der Waals surface area contributed by atoms with Crippen LogP contribution in [-0.2, 0) is 19.3 Å². The summed E-state index contributed by atoms with van der Waals surface area (Å²) >= 11 is 0. The second-order valence-corrected chi connectivity index (χ2v) is 6.31. The van der Waals surface area contributed by atoms with Crippen molar-refractivity contribution in [2.45, 2.75) is 19.3 Å². The van der Waals surface area contributed by atoms with Gasteiger partial charge in [-0.25, -0.2) is 4.98 Å². The first-order chi connectivity index (χ1) is 14.4. The highest BCUT2D eigenvalue weighted by Crippen LogP contribution is 2.29. The highest BCUT2D eigenvalue weighted by Gasteiger charge is 2.29. The van der Waals surface area contributed by atoms with Gasteiger partial charge < -0.3 is 15.4 Å². The number of H-pyrrole nitrogens is 1. The number of hydrogen-bond donors (Lipinski definition) is 3. The fourth-order valence-corrected chi connectivity index (χ4v) is 2.63. The average molecular weight is 418 g/mol. The average Bonchev–Trinajstić information content (AvgIpc) is 3.22. The third-order valence-corrected chi connectivity index (χ3v) is 4.27. The molecule has 3 rings (SSSR count). The molecule has 0 unspecified atom stereocenters. The Hall–Kier alpha value is -3.56. The van der Waals surface area contributed by atoms with E-state index >= 15 is 0 Å². The molecule has 158 valence electrons. The van der Waals surface area contributed by atoms with Gasteiger partial charge in [-0.1, -0.05) is 12.1 Å². The largest absolute Gasteiger partial charge is 0.497 e. The van der Waals surface area contributed by atoms with Gasteiger partial charge in [0.2, 0.25) is 0 Å². The van der Waals surface area contributed by atoms with Gasteiger partial charge in [0.25, 0.3) is 0 Å². The Bertz CT molecular complexity index is 981. The maximum absolute atomic E-state index is 12.6. The van der Waals surface area contributed by atoms with Crippen LogP contribution in [0.15, 0.2) is 53.5 Å². The fraction of sp³-hybridized carbons (Fsp3) is 0.250. The van der Waals surface area contributed by atoms with E-state index < -0.39 is 11.7 Å². The number of hydrogen-bond acceptors (Lipinski definition) is 4. The smallest absolute Gasteiger partial charge is 0.416 e. The first-order valence-electron chi connectivity index (χ1n) is 9.05. The maximum atomic E-state index is 12.6. The Balaban J connectivity index is 1.52. The van der Waals surface area contributed by atoms with Gasteiger partial charge >= 0.3 is 6.18 Å². The first kappa shape index (κ1) is 21.2. The second kappa shape index (κ2) is 9.29.